The summed E-state index contributed by atoms with van der Waals surface area (Å²) in [6, 6.07) is 3.69. The van der Waals surface area contributed by atoms with Crippen molar-refractivity contribution in [3.05, 3.63) is 23.8 Å². The lowest BCUT2D eigenvalue weighted by atomic mass is 9.78. The zero-order valence-corrected chi connectivity index (χ0v) is 26.0. The molecule has 1 aromatic rings. The van der Waals surface area contributed by atoms with E-state index in [2.05, 4.69) is 20.8 Å². The lowest BCUT2D eigenvalue weighted by Crippen LogP contribution is -2.65. The fraction of sp³-hybridized carbons (Fsp3) is 0.714. The van der Waals surface area contributed by atoms with Crippen molar-refractivity contribution < 1.29 is 22.4 Å². The van der Waals surface area contributed by atoms with E-state index in [9.17, 15) is 22.4 Å². The average Bonchev–Trinajstić information content (AvgIpc) is 3.24. The van der Waals surface area contributed by atoms with Crippen LogP contribution < -0.4 is 20.8 Å². The molecule has 9 nitrogen and oxygen atoms in total. The van der Waals surface area contributed by atoms with E-state index in [0.29, 0.717) is 24.4 Å². The quantitative estimate of drug-likeness (QED) is 0.184. The maximum absolute atomic E-state index is 14.1. The highest BCUT2D eigenvalue weighted by Crippen LogP contribution is 2.35. The Morgan fingerprint density at radius 2 is 1.85 bits per heavy atom. The number of aryl methyl sites for hydroxylation is 1. The number of amides is 2. The third-order valence-corrected chi connectivity index (χ3v) is 11.4. The number of carbonyl (C=O) groups excluding carboxylic acids is 2. The molecule has 2 heterocycles. The number of halogens is 3. The van der Waals surface area contributed by atoms with Gasteiger partial charge in [0.05, 0.1) is 4.90 Å². The minimum absolute atomic E-state index is 0.0534. The molecule has 4 rings (SSSR count). The first-order chi connectivity index (χ1) is 19.5. The van der Waals surface area contributed by atoms with Crippen LogP contribution in [0, 0.1) is 18.8 Å². The summed E-state index contributed by atoms with van der Waals surface area (Å²) in [5.74, 6) is 0.117. The number of nitrogens with one attached hydrogen (secondary N) is 4. The van der Waals surface area contributed by atoms with Gasteiger partial charge < -0.3 is 10.6 Å². The van der Waals surface area contributed by atoms with Crippen LogP contribution in [0.5, 0.6) is 0 Å². The molecule has 0 aromatic heterocycles. The number of hydrogen-bond donors (Lipinski definition) is 4. The lowest BCUT2D eigenvalue weighted by Gasteiger charge is -2.38. The maximum atomic E-state index is 14.1. The molecular weight excluding hydrogens is 592 g/mol. The molecule has 230 valence electrons. The minimum atomic E-state index is -3.85. The number of sulfonamides is 1. The van der Waals surface area contributed by atoms with Crippen LogP contribution in [-0.4, -0.2) is 67.5 Å². The average molecular weight is 635 g/mol. The number of benzene rings is 1. The van der Waals surface area contributed by atoms with Crippen molar-refractivity contribution in [1.29, 1.82) is 0 Å². The molecule has 0 spiro atoms. The molecule has 4 N–H and O–H groups in total. The second kappa shape index (κ2) is 14.3. The van der Waals surface area contributed by atoms with Crippen LogP contribution in [0.4, 0.5) is 10.1 Å². The molecule has 2 saturated heterocycles. The molecule has 3 aliphatic rings. The normalized spacial score (nSPS) is 29.1. The third-order valence-electron chi connectivity index (χ3n) is 8.69. The Morgan fingerprint density at radius 3 is 2.56 bits per heavy atom. The van der Waals surface area contributed by atoms with E-state index >= 15 is 0 Å². The number of rotatable bonds is 9. The van der Waals surface area contributed by atoms with Gasteiger partial charge in [-0.15, -0.1) is 23.2 Å². The van der Waals surface area contributed by atoms with Crippen LogP contribution in [0.3, 0.4) is 0 Å². The van der Waals surface area contributed by atoms with Crippen LogP contribution in [0.1, 0.15) is 70.3 Å². The number of anilines is 1. The van der Waals surface area contributed by atoms with Gasteiger partial charge in [-0.25, -0.2) is 17.5 Å². The summed E-state index contributed by atoms with van der Waals surface area (Å²) in [4.78, 5) is 25.4. The summed E-state index contributed by atoms with van der Waals surface area (Å²) in [5.41, 5.74) is 3.02. The molecule has 0 radical (unpaired) electrons. The smallest absolute Gasteiger partial charge is 0.257 e. The number of carbonyl (C=O) groups is 2. The highest BCUT2D eigenvalue weighted by Gasteiger charge is 2.44. The summed E-state index contributed by atoms with van der Waals surface area (Å²) in [5, 5.41) is 4.38. The number of hydrazine groups is 1. The molecule has 13 heteroatoms. The van der Waals surface area contributed by atoms with E-state index in [-0.39, 0.29) is 16.6 Å². The maximum Gasteiger partial charge on any atom is 0.257 e. The lowest BCUT2D eigenvalue weighted by molar-refractivity contribution is -0.148. The van der Waals surface area contributed by atoms with Gasteiger partial charge in [0.25, 0.3) is 5.91 Å². The van der Waals surface area contributed by atoms with Gasteiger partial charge >= 0.3 is 0 Å². The van der Waals surface area contributed by atoms with Crippen LogP contribution in [0.25, 0.3) is 0 Å². The van der Waals surface area contributed by atoms with Crippen LogP contribution in [-0.2, 0) is 19.6 Å². The van der Waals surface area contributed by atoms with Gasteiger partial charge in [-0.2, -0.15) is 5.43 Å². The summed E-state index contributed by atoms with van der Waals surface area (Å²) >= 11 is 11.7. The highest BCUT2D eigenvalue weighted by molar-refractivity contribution is 7.89. The third kappa shape index (κ3) is 8.12. The standard InChI is InChI=1S/C28H42Cl2FN5O4S/c1-17-9-10-22(34-27(37)18(2)36-28(38)25(30)24(29)26(31)35-36)16-23(17)41(39,40)33-14-12-21-15-20(11-13-32-21)19-7-5-3-4-6-8-19/h9-10,16,18-21,24-26,32-33,35H,3-8,11-15H2,1-2H3,(H,34,37)/t18-,20?,21?,24?,25?,26?/m1/s1. The first-order valence-electron chi connectivity index (χ1n) is 14.6. The van der Waals surface area contributed by atoms with Crippen molar-refractivity contribution in [2.45, 2.75) is 106 Å². The Hall–Kier alpha value is -1.50. The highest BCUT2D eigenvalue weighted by atomic mass is 35.5. The molecular formula is C28H42Cl2FN5O4S. The van der Waals surface area contributed by atoms with Crippen molar-refractivity contribution >= 4 is 50.7 Å². The van der Waals surface area contributed by atoms with Crippen molar-refractivity contribution in [3.8, 4) is 0 Å². The Labute approximate surface area is 252 Å². The van der Waals surface area contributed by atoms with Crippen molar-refractivity contribution in [2.75, 3.05) is 18.4 Å². The molecule has 6 atom stereocenters. The van der Waals surface area contributed by atoms with E-state index in [1.807, 2.05) is 0 Å². The van der Waals surface area contributed by atoms with Crippen LogP contribution in [0.2, 0.25) is 0 Å². The Bertz CT molecular complexity index is 1180. The van der Waals surface area contributed by atoms with E-state index in [1.165, 1.54) is 57.9 Å². The number of piperidine rings is 1. The molecule has 2 amide bonds. The molecule has 1 saturated carbocycles. The van der Waals surface area contributed by atoms with Crippen molar-refractivity contribution in [1.82, 2.24) is 20.5 Å². The Balaban J connectivity index is 1.33. The molecule has 3 fully saturated rings. The number of hydrogen-bond acceptors (Lipinski definition) is 6. The first-order valence-corrected chi connectivity index (χ1v) is 17.0. The number of nitrogens with zero attached hydrogens (tertiary/aromatic N) is 1. The van der Waals surface area contributed by atoms with Crippen LogP contribution in [0.15, 0.2) is 23.1 Å². The van der Waals surface area contributed by atoms with Crippen molar-refractivity contribution in [2.24, 2.45) is 11.8 Å². The van der Waals surface area contributed by atoms with Gasteiger partial charge in [0.15, 0.2) is 6.30 Å². The van der Waals surface area contributed by atoms with E-state index in [1.54, 1.807) is 19.1 Å². The predicted molar refractivity (Wildman–Crippen MR) is 159 cm³/mol. The van der Waals surface area contributed by atoms with E-state index in [4.69, 9.17) is 23.2 Å². The number of alkyl halides is 3. The summed E-state index contributed by atoms with van der Waals surface area (Å²) < 4.78 is 43.3. The zero-order valence-electron chi connectivity index (χ0n) is 23.7. The monoisotopic (exact) mass is 633 g/mol. The molecule has 2 aliphatic heterocycles. The second-order valence-corrected chi connectivity index (χ2v) is 14.3. The van der Waals surface area contributed by atoms with E-state index < -0.39 is 44.9 Å². The first kappa shape index (κ1) is 32.4. The summed E-state index contributed by atoms with van der Waals surface area (Å²) in [6.07, 6.45) is 9.12. The fourth-order valence-corrected chi connectivity index (χ4v) is 7.95. The van der Waals surface area contributed by atoms with Gasteiger partial charge in [-0.3, -0.25) is 14.6 Å². The Morgan fingerprint density at radius 1 is 1.15 bits per heavy atom. The van der Waals surface area contributed by atoms with Gasteiger partial charge in [0.1, 0.15) is 16.8 Å². The fourth-order valence-electron chi connectivity index (χ4n) is 6.23. The molecule has 1 aliphatic carbocycles. The van der Waals surface area contributed by atoms with Gasteiger partial charge in [0.2, 0.25) is 15.9 Å². The predicted octanol–water partition coefficient (Wildman–Crippen LogP) is 4.19. The van der Waals surface area contributed by atoms with Gasteiger partial charge in [-0.05, 0) is 69.2 Å². The van der Waals surface area contributed by atoms with Crippen molar-refractivity contribution in [3.63, 3.8) is 0 Å². The topological polar surface area (TPSA) is 120 Å². The molecule has 5 unspecified atom stereocenters. The molecule has 0 bridgehead atoms. The van der Waals surface area contributed by atoms with Crippen LogP contribution >= 0.6 is 23.2 Å². The SMILES string of the molecule is Cc1ccc(NC(=O)[C@@H](C)N2NC(F)C(Cl)C(Cl)C2=O)cc1S(=O)(=O)NCCC1CC(C2CCCCCC2)CCN1. The molecule has 1 aromatic carbocycles. The van der Waals surface area contributed by atoms with Gasteiger partial charge in [-0.1, -0.05) is 44.6 Å². The Kier molecular flexibility index (Phi) is 11.3. The van der Waals surface area contributed by atoms with E-state index in [0.717, 1.165) is 23.9 Å². The second-order valence-electron chi connectivity index (χ2n) is 11.6. The summed E-state index contributed by atoms with van der Waals surface area (Å²) in [6.45, 7) is 4.36. The zero-order chi connectivity index (χ0) is 29.7. The summed E-state index contributed by atoms with van der Waals surface area (Å²) in [7, 11) is -3.85. The molecule has 41 heavy (non-hydrogen) atoms. The minimum Gasteiger partial charge on any atom is -0.324 e. The van der Waals surface area contributed by atoms with Gasteiger partial charge in [0, 0.05) is 18.3 Å². The largest absolute Gasteiger partial charge is 0.324 e.